The van der Waals surface area contributed by atoms with Crippen LogP contribution in [0.3, 0.4) is 0 Å². The molecule has 0 spiro atoms. The molecule has 1 atom stereocenters. The molecule has 2 N–H and O–H groups in total. The molecule has 1 rings (SSSR count). The van der Waals surface area contributed by atoms with E-state index in [-0.39, 0.29) is 16.0 Å². The van der Waals surface area contributed by atoms with Crippen LogP contribution in [-0.4, -0.2) is 50.8 Å². The average Bonchev–Trinajstić information content (AvgIpc) is 2.49. The molecule has 0 amide bonds. The topological polar surface area (TPSA) is 119 Å². The monoisotopic (exact) mass is 373 g/mol. The van der Waals surface area contributed by atoms with Crippen LogP contribution in [0, 0.1) is 6.92 Å². The van der Waals surface area contributed by atoms with E-state index in [1.165, 1.54) is 25.1 Å². The lowest BCUT2D eigenvalue weighted by Gasteiger charge is -2.20. The van der Waals surface area contributed by atoms with Gasteiger partial charge in [0.1, 0.15) is 11.6 Å². The fourth-order valence-corrected chi connectivity index (χ4v) is 3.37. The van der Waals surface area contributed by atoms with Crippen LogP contribution in [0.15, 0.2) is 23.1 Å². The van der Waals surface area contributed by atoms with Crippen molar-refractivity contribution in [2.75, 3.05) is 13.7 Å². The van der Waals surface area contributed by atoms with Crippen molar-refractivity contribution < 1.29 is 32.6 Å². The van der Waals surface area contributed by atoms with E-state index in [4.69, 9.17) is 9.84 Å². The molecule has 140 valence electrons. The number of ether oxygens (including phenoxy) is 2. The lowest BCUT2D eigenvalue weighted by molar-refractivity contribution is -0.143. The molecule has 1 aromatic rings. The minimum atomic E-state index is -4.10. The Hall–Kier alpha value is -1.97. The normalized spacial score (nSPS) is 13.2. The van der Waals surface area contributed by atoms with Crippen molar-refractivity contribution in [1.82, 2.24) is 4.72 Å². The van der Waals surface area contributed by atoms with Crippen LogP contribution in [0.2, 0.25) is 0 Å². The van der Waals surface area contributed by atoms with Crippen molar-refractivity contribution in [3.05, 3.63) is 29.3 Å². The predicted molar refractivity (Wildman–Crippen MR) is 89.6 cm³/mol. The van der Waals surface area contributed by atoms with Crippen LogP contribution >= 0.6 is 0 Å². The van der Waals surface area contributed by atoms with Crippen molar-refractivity contribution in [2.45, 2.75) is 44.2 Å². The van der Waals surface area contributed by atoms with Crippen LogP contribution in [0.1, 0.15) is 36.7 Å². The Morgan fingerprint density at radius 1 is 1.28 bits per heavy atom. The van der Waals surface area contributed by atoms with Gasteiger partial charge in [0.2, 0.25) is 10.0 Å². The molecule has 0 fully saturated rings. The smallest absolute Gasteiger partial charge is 0.338 e. The Morgan fingerprint density at radius 2 is 1.88 bits per heavy atom. The number of aliphatic hydroxyl groups is 1. The molecule has 0 radical (unpaired) electrons. The number of nitrogens with one attached hydrogen (secondary N) is 1. The number of esters is 2. The minimum absolute atomic E-state index is 0.123. The van der Waals surface area contributed by atoms with Crippen LogP contribution < -0.4 is 4.72 Å². The molecule has 0 aliphatic carbocycles. The minimum Gasteiger partial charge on any atom is -0.468 e. The first-order valence-corrected chi connectivity index (χ1v) is 8.94. The number of aryl methyl sites for hydroxylation is 1. The number of carbonyl (C=O) groups excluding carboxylic acids is 2. The third-order valence-electron chi connectivity index (χ3n) is 3.06. The Labute approximate surface area is 147 Å². The standard InChI is InChI=1S/C16H23NO7S/c1-10-8-11(14(19)24-16(2,3)4)6-7-13(10)25(21,22)17-12(9-18)15(20)23-5/h6-8,12,17-18H,9H2,1-5H3/t12-/m0/s1. The summed E-state index contributed by atoms with van der Waals surface area (Å²) in [6.45, 7) is 5.93. The van der Waals surface area contributed by atoms with Crippen molar-refractivity contribution in [3.8, 4) is 0 Å². The molecule has 0 aliphatic rings. The van der Waals surface area contributed by atoms with Gasteiger partial charge in [0.05, 0.1) is 24.2 Å². The van der Waals surface area contributed by atoms with Crippen molar-refractivity contribution >= 4 is 22.0 Å². The number of carbonyl (C=O) groups is 2. The fraction of sp³-hybridized carbons (Fsp3) is 0.500. The van der Waals surface area contributed by atoms with E-state index in [9.17, 15) is 18.0 Å². The molecule has 9 heteroatoms. The van der Waals surface area contributed by atoms with E-state index < -0.39 is 40.2 Å². The highest BCUT2D eigenvalue weighted by molar-refractivity contribution is 7.89. The molecule has 8 nitrogen and oxygen atoms in total. The molecule has 0 aliphatic heterocycles. The third kappa shape index (κ3) is 5.80. The molecule has 0 heterocycles. The van der Waals surface area contributed by atoms with E-state index >= 15 is 0 Å². The van der Waals surface area contributed by atoms with Gasteiger partial charge >= 0.3 is 11.9 Å². The molecular weight excluding hydrogens is 350 g/mol. The summed E-state index contributed by atoms with van der Waals surface area (Å²) < 4.78 is 36.5. The molecule has 0 bridgehead atoms. The maximum Gasteiger partial charge on any atom is 0.338 e. The van der Waals surface area contributed by atoms with Gasteiger partial charge in [0.25, 0.3) is 0 Å². The second-order valence-corrected chi connectivity index (χ2v) is 8.04. The van der Waals surface area contributed by atoms with E-state index in [1.54, 1.807) is 20.8 Å². The SMILES string of the molecule is COC(=O)[C@H](CO)NS(=O)(=O)c1ccc(C(=O)OC(C)(C)C)cc1C. The molecule has 0 aromatic heterocycles. The van der Waals surface area contributed by atoms with Gasteiger partial charge in [-0.25, -0.2) is 13.2 Å². The van der Waals surface area contributed by atoms with Crippen molar-refractivity contribution in [3.63, 3.8) is 0 Å². The van der Waals surface area contributed by atoms with Gasteiger partial charge in [-0.15, -0.1) is 0 Å². The van der Waals surface area contributed by atoms with Crippen LogP contribution in [0.4, 0.5) is 0 Å². The van der Waals surface area contributed by atoms with E-state index in [1.807, 2.05) is 0 Å². The van der Waals surface area contributed by atoms with Crippen LogP contribution in [0.25, 0.3) is 0 Å². The first-order chi connectivity index (χ1) is 11.4. The summed E-state index contributed by atoms with van der Waals surface area (Å²) in [5.74, 6) is -1.48. The second kappa shape index (κ2) is 7.94. The zero-order valence-electron chi connectivity index (χ0n) is 14.8. The quantitative estimate of drug-likeness (QED) is 0.707. The number of aliphatic hydroxyl groups excluding tert-OH is 1. The zero-order chi connectivity index (χ0) is 19.4. The summed E-state index contributed by atoms with van der Waals surface area (Å²) in [6, 6.07) is 2.53. The highest BCUT2D eigenvalue weighted by Crippen LogP contribution is 2.19. The zero-order valence-corrected chi connectivity index (χ0v) is 15.6. The molecule has 0 saturated heterocycles. The maximum absolute atomic E-state index is 12.4. The van der Waals surface area contributed by atoms with Gasteiger partial charge in [-0.2, -0.15) is 4.72 Å². The number of hydrogen-bond donors (Lipinski definition) is 2. The number of benzene rings is 1. The number of hydrogen-bond acceptors (Lipinski definition) is 7. The fourth-order valence-electron chi connectivity index (χ4n) is 1.97. The molecule has 1 aromatic carbocycles. The number of methoxy groups -OCH3 is 1. The Morgan fingerprint density at radius 3 is 2.32 bits per heavy atom. The first kappa shape index (κ1) is 21.1. The Bertz CT molecular complexity index is 750. The van der Waals surface area contributed by atoms with Gasteiger partial charge < -0.3 is 14.6 Å². The second-order valence-electron chi connectivity index (χ2n) is 6.36. The van der Waals surface area contributed by atoms with Crippen LogP contribution in [-0.2, 0) is 24.3 Å². The van der Waals surface area contributed by atoms with Gasteiger partial charge in [0, 0.05) is 0 Å². The summed E-state index contributed by atoms with van der Waals surface area (Å²) in [5, 5.41) is 9.14. The van der Waals surface area contributed by atoms with Crippen molar-refractivity contribution in [1.29, 1.82) is 0 Å². The predicted octanol–water partition coefficient (Wildman–Crippen LogP) is 0.763. The van der Waals surface area contributed by atoms with E-state index in [0.717, 1.165) is 7.11 Å². The molecule has 25 heavy (non-hydrogen) atoms. The molecule has 0 saturated carbocycles. The van der Waals surface area contributed by atoms with Gasteiger partial charge in [-0.05, 0) is 51.5 Å². The van der Waals surface area contributed by atoms with Gasteiger partial charge in [-0.1, -0.05) is 0 Å². The molecule has 0 unspecified atom stereocenters. The highest BCUT2D eigenvalue weighted by atomic mass is 32.2. The molecular formula is C16H23NO7S. The van der Waals surface area contributed by atoms with E-state index in [2.05, 4.69) is 9.46 Å². The lowest BCUT2D eigenvalue weighted by Crippen LogP contribution is -2.44. The summed E-state index contributed by atoms with van der Waals surface area (Å²) in [6.07, 6.45) is 0. The Balaban J connectivity index is 3.10. The van der Waals surface area contributed by atoms with Crippen molar-refractivity contribution in [2.24, 2.45) is 0 Å². The summed E-state index contributed by atoms with van der Waals surface area (Å²) in [5.41, 5.74) is -0.179. The summed E-state index contributed by atoms with van der Waals surface area (Å²) >= 11 is 0. The number of sulfonamides is 1. The Kier molecular flexibility index (Phi) is 6.69. The van der Waals surface area contributed by atoms with Gasteiger partial charge in [-0.3, -0.25) is 4.79 Å². The third-order valence-corrected chi connectivity index (χ3v) is 4.70. The summed E-state index contributed by atoms with van der Waals surface area (Å²) in [7, 11) is -3.01. The largest absolute Gasteiger partial charge is 0.468 e. The van der Waals surface area contributed by atoms with Crippen LogP contribution in [0.5, 0.6) is 0 Å². The lowest BCUT2D eigenvalue weighted by atomic mass is 10.1. The number of rotatable bonds is 6. The average molecular weight is 373 g/mol. The van der Waals surface area contributed by atoms with Gasteiger partial charge in [0.15, 0.2) is 0 Å². The summed E-state index contributed by atoms with van der Waals surface area (Å²) in [4.78, 5) is 23.4. The highest BCUT2D eigenvalue weighted by Gasteiger charge is 2.27. The first-order valence-electron chi connectivity index (χ1n) is 7.46. The maximum atomic E-state index is 12.4. The van der Waals surface area contributed by atoms with E-state index in [0.29, 0.717) is 0 Å².